The summed E-state index contributed by atoms with van der Waals surface area (Å²) in [6.45, 7) is 1.51. The Morgan fingerprint density at radius 1 is 1.04 bits per heavy atom. The van der Waals surface area contributed by atoms with E-state index in [1.54, 1.807) is 12.1 Å². The maximum Gasteiger partial charge on any atom is 0.134 e. The van der Waals surface area contributed by atoms with Gasteiger partial charge in [0.25, 0.3) is 0 Å². The van der Waals surface area contributed by atoms with E-state index in [9.17, 15) is 5.11 Å². The number of aromatic hydroxyl groups is 1. The second-order valence-corrected chi connectivity index (χ2v) is 6.68. The zero-order chi connectivity index (χ0) is 17.9. The van der Waals surface area contributed by atoms with Crippen molar-refractivity contribution in [3.63, 3.8) is 0 Å². The first kappa shape index (κ1) is 16.8. The summed E-state index contributed by atoms with van der Waals surface area (Å²) in [4.78, 5) is 3.28. The molecule has 0 saturated heterocycles. The molecule has 0 aliphatic rings. The van der Waals surface area contributed by atoms with Crippen LogP contribution in [0.25, 0.3) is 22.2 Å². The summed E-state index contributed by atoms with van der Waals surface area (Å²) < 4.78 is 5.87. The van der Waals surface area contributed by atoms with Crippen LogP contribution in [0.15, 0.2) is 65.2 Å². The van der Waals surface area contributed by atoms with Gasteiger partial charge < -0.3 is 19.8 Å². The SMILES string of the molecule is Oc1ccc(-c2ccc(CNCCc3c[nH]c4ccc(Cl)cc34)o2)cc1. The summed E-state index contributed by atoms with van der Waals surface area (Å²) in [7, 11) is 0. The number of halogens is 1. The van der Waals surface area contributed by atoms with Crippen molar-refractivity contribution in [2.24, 2.45) is 0 Å². The first-order valence-corrected chi connectivity index (χ1v) is 8.91. The van der Waals surface area contributed by atoms with E-state index in [1.807, 2.05) is 48.7 Å². The van der Waals surface area contributed by atoms with Gasteiger partial charge in [0.2, 0.25) is 0 Å². The number of fused-ring (bicyclic) bond motifs is 1. The lowest BCUT2D eigenvalue weighted by molar-refractivity contribution is 0.475. The van der Waals surface area contributed by atoms with E-state index in [2.05, 4.69) is 10.3 Å². The Hall–Kier alpha value is -2.69. The highest BCUT2D eigenvalue weighted by molar-refractivity contribution is 6.31. The van der Waals surface area contributed by atoms with E-state index >= 15 is 0 Å². The molecule has 0 radical (unpaired) electrons. The molecule has 132 valence electrons. The van der Waals surface area contributed by atoms with Crippen LogP contribution in [-0.2, 0) is 13.0 Å². The number of aromatic amines is 1. The summed E-state index contributed by atoms with van der Waals surface area (Å²) in [5.41, 5.74) is 3.30. The van der Waals surface area contributed by atoms with Crippen molar-refractivity contribution >= 4 is 22.5 Å². The van der Waals surface area contributed by atoms with Crippen LogP contribution in [0.5, 0.6) is 5.75 Å². The number of rotatable bonds is 6. The zero-order valence-corrected chi connectivity index (χ0v) is 14.9. The Kier molecular flexibility index (Phi) is 4.69. The molecule has 2 heterocycles. The van der Waals surface area contributed by atoms with Gasteiger partial charge in [-0.1, -0.05) is 11.6 Å². The zero-order valence-electron chi connectivity index (χ0n) is 14.1. The number of hydrogen-bond acceptors (Lipinski definition) is 3. The predicted molar refractivity (Wildman–Crippen MR) is 105 cm³/mol. The van der Waals surface area contributed by atoms with Gasteiger partial charge in [0, 0.05) is 27.7 Å². The molecule has 26 heavy (non-hydrogen) atoms. The summed E-state index contributed by atoms with van der Waals surface area (Å²) >= 11 is 6.09. The van der Waals surface area contributed by atoms with Gasteiger partial charge in [0.05, 0.1) is 6.54 Å². The number of furan rings is 1. The molecular weight excluding hydrogens is 348 g/mol. The standard InChI is InChI=1S/C21H19ClN2O2/c22-16-3-7-20-19(11-16)15(12-24-20)9-10-23-13-18-6-8-21(26-18)14-1-4-17(25)5-2-14/h1-8,11-12,23-25H,9-10,13H2. The molecule has 0 aliphatic heterocycles. The van der Waals surface area contributed by atoms with Crippen molar-refractivity contribution in [2.45, 2.75) is 13.0 Å². The van der Waals surface area contributed by atoms with Gasteiger partial charge in [-0.2, -0.15) is 0 Å². The third-order valence-electron chi connectivity index (χ3n) is 4.41. The fourth-order valence-corrected chi connectivity index (χ4v) is 3.22. The Balaban J connectivity index is 1.33. The van der Waals surface area contributed by atoms with E-state index in [4.69, 9.17) is 16.0 Å². The second kappa shape index (κ2) is 7.28. The van der Waals surface area contributed by atoms with Gasteiger partial charge in [0.1, 0.15) is 17.3 Å². The van der Waals surface area contributed by atoms with Gasteiger partial charge in [-0.05, 0) is 73.1 Å². The van der Waals surface area contributed by atoms with Gasteiger partial charge >= 0.3 is 0 Å². The quantitative estimate of drug-likeness (QED) is 0.415. The lowest BCUT2D eigenvalue weighted by Crippen LogP contribution is -2.16. The number of H-pyrrole nitrogens is 1. The Bertz CT molecular complexity index is 1020. The molecule has 0 aliphatic carbocycles. The average Bonchev–Trinajstić information content (AvgIpc) is 3.26. The summed E-state index contributed by atoms with van der Waals surface area (Å²) in [6.07, 6.45) is 2.95. The normalized spacial score (nSPS) is 11.3. The molecule has 4 aromatic rings. The van der Waals surface area contributed by atoms with Gasteiger partial charge in [-0.15, -0.1) is 0 Å². The number of benzene rings is 2. The van der Waals surface area contributed by atoms with Crippen molar-refractivity contribution in [3.05, 3.63) is 77.1 Å². The molecule has 0 bridgehead atoms. The lowest BCUT2D eigenvalue weighted by atomic mass is 10.1. The summed E-state index contributed by atoms with van der Waals surface area (Å²) in [6, 6.07) is 16.8. The number of nitrogens with one attached hydrogen (secondary N) is 2. The number of hydrogen-bond donors (Lipinski definition) is 3. The molecule has 0 saturated carbocycles. The predicted octanol–water partition coefficient (Wildman–Crippen LogP) is 5.12. The summed E-state index contributed by atoms with van der Waals surface area (Å²) in [5, 5.41) is 14.7. The molecule has 2 aromatic carbocycles. The van der Waals surface area contributed by atoms with Crippen molar-refractivity contribution in [3.8, 4) is 17.1 Å². The van der Waals surface area contributed by atoms with E-state index < -0.39 is 0 Å². The Morgan fingerprint density at radius 3 is 2.73 bits per heavy atom. The summed E-state index contributed by atoms with van der Waals surface area (Å²) in [5.74, 6) is 1.93. The highest BCUT2D eigenvalue weighted by Crippen LogP contribution is 2.24. The minimum atomic E-state index is 0.251. The molecule has 4 rings (SSSR count). The van der Waals surface area contributed by atoms with Crippen LogP contribution in [0.2, 0.25) is 5.02 Å². The van der Waals surface area contributed by atoms with Gasteiger partial charge in [-0.3, -0.25) is 0 Å². The van der Waals surface area contributed by atoms with E-state index in [1.165, 1.54) is 10.9 Å². The number of aromatic nitrogens is 1. The number of phenols is 1. The topological polar surface area (TPSA) is 61.2 Å². The molecule has 5 heteroatoms. The van der Waals surface area contributed by atoms with Crippen LogP contribution in [0.4, 0.5) is 0 Å². The molecular formula is C21H19ClN2O2. The third-order valence-corrected chi connectivity index (χ3v) is 4.65. The minimum absolute atomic E-state index is 0.251. The van der Waals surface area contributed by atoms with E-state index in [0.717, 1.165) is 40.6 Å². The minimum Gasteiger partial charge on any atom is -0.508 e. The smallest absolute Gasteiger partial charge is 0.134 e. The first-order valence-electron chi connectivity index (χ1n) is 8.53. The monoisotopic (exact) mass is 366 g/mol. The van der Waals surface area contributed by atoms with Crippen LogP contribution in [-0.4, -0.2) is 16.6 Å². The molecule has 0 spiro atoms. The Morgan fingerprint density at radius 2 is 1.88 bits per heavy atom. The highest BCUT2D eigenvalue weighted by atomic mass is 35.5. The van der Waals surface area contributed by atoms with Crippen molar-refractivity contribution in [1.29, 1.82) is 0 Å². The van der Waals surface area contributed by atoms with Gasteiger partial charge in [-0.25, -0.2) is 0 Å². The molecule has 0 atom stereocenters. The fraction of sp³-hybridized carbons (Fsp3) is 0.143. The van der Waals surface area contributed by atoms with E-state index in [0.29, 0.717) is 6.54 Å². The molecule has 2 aromatic heterocycles. The van der Waals surface area contributed by atoms with Crippen molar-refractivity contribution in [1.82, 2.24) is 10.3 Å². The number of phenolic OH excluding ortho intramolecular Hbond substituents is 1. The Labute approximate surface area is 156 Å². The maximum absolute atomic E-state index is 9.36. The van der Waals surface area contributed by atoms with Crippen LogP contribution in [0.1, 0.15) is 11.3 Å². The van der Waals surface area contributed by atoms with E-state index in [-0.39, 0.29) is 5.75 Å². The molecule has 0 amide bonds. The van der Waals surface area contributed by atoms with Crippen molar-refractivity contribution < 1.29 is 9.52 Å². The average molecular weight is 367 g/mol. The van der Waals surface area contributed by atoms with Crippen molar-refractivity contribution in [2.75, 3.05) is 6.54 Å². The molecule has 4 nitrogen and oxygen atoms in total. The highest BCUT2D eigenvalue weighted by Gasteiger charge is 2.06. The van der Waals surface area contributed by atoms with Crippen LogP contribution in [0.3, 0.4) is 0 Å². The van der Waals surface area contributed by atoms with Gasteiger partial charge in [0.15, 0.2) is 0 Å². The van der Waals surface area contributed by atoms with Crippen LogP contribution in [0, 0.1) is 0 Å². The lowest BCUT2D eigenvalue weighted by Gasteiger charge is -2.03. The van der Waals surface area contributed by atoms with Crippen LogP contribution >= 0.6 is 11.6 Å². The molecule has 3 N–H and O–H groups in total. The third kappa shape index (κ3) is 3.62. The van der Waals surface area contributed by atoms with Crippen LogP contribution < -0.4 is 5.32 Å². The first-order chi connectivity index (χ1) is 12.7. The fourth-order valence-electron chi connectivity index (χ4n) is 3.05. The largest absolute Gasteiger partial charge is 0.508 e. The maximum atomic E-state index is 9.36. The molecule has 0 fully saturated rings. The molecule has 0 unspecified atom stereocenters. The second-order valence-electron chi connectivity index (χ2n) is 6.24.